The molecule has 0 aliphatic heterocycles. The van der Waals surface area contributed by atoms with Crippen molar-refractivity contribution in [1.29, 1.82) is 0 Å². The van der Waals surface area contributed by atoms with Crippen molar-refractivity contribution in [1.82, 2.24) is 9.78 Å². The van der Waals surface area contributed by atoms with Crippen molar-refractivity contribution in [2.24, 2.45) is 0 Å². The van der Waals surface area contributed by atoms with Crippen molar-refractivity contribution < 1.29 is 9.53 Å². The van der Waals surface area contributed by atoms with Crippen LogP contribution in [0, 0.1) is 0 Å². The molecule has 1 aromatic carbocycles. The molecule has 2 aromatic rings. The molecule has 0 saturated carbocycles. The largest absolute Gasteiger partial charge is 0.462 e. The van der Waals surface area contributed by atoms with Gasteiger partial charge in [-0.3, -0.25) is 0 Å². The summed E-state index contributed by atoms with van der Waals surface area (Å²) in [4.78, 5) is 11.6. The summed E-state index contributed by atoms with van der Waals surface area (Å²) in [6.45, 7) is 6.28. The monoisotopic (exact) mass is 273 g/mol. The van der Waals surface area contributed by atoms with Crippen LogP contribution >= 0.6 is 0 Å². The van der Waals surface area contributed by atoms with Crippen molar-refractivity contribution in [3.8, 4) is 5.69 Å². The zero-order valence-electron chi connectivity index (χ0n) is 12.0. The Morgan fingerprint density at radius 2 is 2.00 bits per heavy atom. The Labute approximate surface area is 118 Å². The molecule has 5 nitrogen and oxygen atoms in total. The second-order valence-corrected chi connectivity index (χ2v) is 4.83. The van der Waals surface area contributed by atoms with Crippen molar-refractivity contribution in [3.05, 3.63) is 41.6 Å². The van der Waals surface area contributed by atoms with Gasteiger partial charge in [-0.05, 0) is 37.1 Å². The number of benzene rings is 1. The van der Waals surface area contributed by atoms with E-state index in [1.165, 1.54) is 0 Å². The summed E-state index contributed by atoms with van der Waals surface area (Å²) >= 11 is 0. The minimum Gasteiger partial charge on any atom is -0.462 e. The third kappa shape index (κ3) is 2.82. The molecule has 0 unspecified atom stereocenters. The van der Waals surface area contributed by atoms with Gasteiger partial charge in [0.25, 0.3) is 0 Å². The van der Waals surface area contributed by atoms with Crippen LogP contribution < -0.4 is 5.73 Å². The molecule has 0 atom stereocenters. The van der Waals surface area contributed by atoms with E-state index in [0.29, 0.717) is 23.9 Å². The van der Waals surface area contributed by atoms with Gasteiger partial charge in [-0.2, -0.15) is 5.10 Å². The highest BCUT2D eigenvalue weighted by Gasteiger charge is 2.11. The first-order valence-corrected chi connectivity index (χ1v) is 6.66. The highest BCUT2D eigenvalue weighted by Crippen LogP contribution is 2.20. The van der Waals surface area contributed by atoms with Gasteiger partial charge in [0.1, 0.15) is 5.82 Å². The van der Waals surface area contributed by atoms with Crippen LogP contribution in [0.25, 0.3) is 5.69 Å². The molecule has 0 fully saturated rings. The van der Waals surface area contributed by atoms with Crippen molar-refractivity contribution in [2.45, 2.75) is 26.7 Å². The zero-order valence-corrected chi connectivity index (χ0v) is 12.0. The first kappa shape index (κ1) is 14.1. The van der Waals surface area contributed by atoms with Crippen LogP contribution in [0.15, 0.2) is 30.3 Å². The average molecular weight is 273 g/mol. The standard InChI is InChI=1S/C15H19N3O2/c1-4-20-15(19)11-5-7-12(8-6-11)18-14(16)9-13(17-18)10(2)3/h5-10H,4,16H2,1-3H3. The predicted octanol–water partition coefficient (Wildman–Crippen LogP) is 2.75. The number of nitrogen functional groups attached to an aromatic ring is 1. The van der Waals surface area contributed by atoms with E-state index in [4.69, 9.17) is 10.5 Å². The Hall–Kier alpha value is -2.30. The number of hydrogen-bond donors (Lipinski definition) is 1. The Morgan fingerprint density at radius 1 is 1.35 bits per heavy atom. The normalized spacial score (nSPS) is 10.8. The summed E-state index contributed by atoms with van der Waals surface area (Å²) < 4.78 is 6.62. The number of carbonyl (C=O) groups excluding carboxylic acids is 1. The Morgan fingerprint density at radius 3 is 2.50 bits per heavy atom. The van der Waals surface area contributed by atoms with E-state index in [9.17, 15) is 4.79 Å². The topological polar surface area (TPSA) is 70.1 Å². The first-order chi connectivity index (χ1) is 9.52. The molecule has 1 aromatic heterocycles. The summed E-state index contributed by atoms with van der Waals surface area (Å²) in [6, 6.07) is 8.90. The zero-order chi connectivity index (χ0) is 14.7. The van der Waals surface area contributed by atoms with Crippen LogP contribution in [0.1, 0.15) is 42.7 Å². The van der Waals surface area contributed by atoms with Gasteiger partial charge in [0.15, 0.2) is 0 Å². The van der Waals surface area contributed by atoms with Gasteiger partial charge in [0.2, 0.25) is 0 Å². The molecule has 0 bridgehead atoms. The van der Waals surface area contributed by atoms with E-state index in [0.717, 1.165) is 11.4 Å². The lowest BCUT2D eigenvalue weighted by Crippen LogP contribution is -2.06. The van der Waals surface area contributed by atoms with Crippen LogP contribution in [0.2, 0.25) is 0 Å². The molecular weight excluding hydrogens is 254 g/mol. The molecule has 0 radical (unpaired) electrons. The average Bonchev–Trinajstić information content (AvgIpc) is 2.81. The summed E-state index contributed by atoms with van der Waals surface area (Å²) in [6.07, 6.45) is 0. The molecule has 0 aliphatic rings. The van der Waals surface area contributed by atoms with E-state index < -0.39 is 0 Å². The van der Waals surface area contributed by atoms with E-state index in [2.05, 4.69) is 18.9 Å². The Kier molecular flexibility index (Phi) is 4.08. The van der Waals surface area contributed by atoms with Gasteiger partial charge in [0, 0.05) is 6.07 Å². The van der Waals surface area contributed by atoms with Gasteiger partial charge in [-0.15, -0.1) is 0 Å². The molecule has 0 amide bonds. The van der Waals surface area contributed by atoms with Gasteiger partial charge >= 0.3 is 5.97 Å². The van der Waals surface area contributed by atoms with Gasteiger partial charge in [-0.25, -0.2) is 9.48 Å². The third-order valence-electron chi connectivity index (χ3n) is 2.97. The van der Waals surface area contributed by atoms with Crippen molar-refractivity contribution in [2.75, 3.05) is 12.3 Å². The van der Waals surface area contributed by atoms with Crippen LogP contribution in [0.4, 0.5) is 5.82 Å². The number of esters is 1. The SMILES string of the molecule is CCOC(=O)c1ccc(-n2nc(C(C)C)cc2N)cc1. The van der Waals surface area contributed by atoms with Crippen LogP contribution in [-0.2, 0) is 4.74 Å². The molecule has 2 rings (SSSR count). The highest BCUT2D eigenvalue weighted by molar-refractivity contribution is 5.89. The van der Waals surface area contributed by atoms with Gasteiger partial charge in [-0.1, -0.05) is 13.8 Å². The maximum Gasteiger partial charge on any atom is 0.338 e. The number of rotatable bonds is 4. The number of aromatic nitrogens is 2. The number of anilines is 1. The molecule has 2 N–H and O–H groups in total. The summed E-state index contributed by atoms with van der Waals surface area (Å²) in [5.41, 5.74) is 8.25. The van der Waals surface area contributed by atoms with E-state index in [1.807, 2.05) is 6.07 Å². The molecule has 0 spiro atoms. The second kappa shape index (κ2) is 5.77. The maximum absolute atomic E-state index is 11.6. The predicted molar refractivity (Wildman–Crippen MR) is 78.0 cm³/mol. The molecule has 0 saturated heterocycles. The number of ether oxygens (including phenoxy) is 1. The van der Waals surface area contributed by atoms with Crippen molar-refractivity contribution >= 4 is 11.8 Å². The Balaban J connectivity index is 2.28. The first-order valence-electron chi connectivity index (χ1n) is 6.66. The minimum absolute atomic E-state index is 0.317. The number of nitrogens with two attached hydrogens (primary N) is 1. The second-order valence-electron chi connectivity index (χ2n) is 4.83. The quantitative estimate of drug-likeness (QED) is 0.869. The van der Waals surface area contributed by atoms with Crippen LogP contribution in [0.3, 0.4) is 0 Å². The molecular formula is C15H19N3O2. The summed E-state index contributed by atoms with van der Waals surface area (Å²) in [5.74, 6) is 0.574. The molecule has 106 valence electrons. The molecule has 1 heterocycles. The molecule has 20 heavy (non-hydrogen) atoms. The van der Waals surface area contributed by atoms with E-state index >= 15 is 0 Å². The van der Waals surface area contributed by atoms with Crippen LogP contribution in [0.5, 0.6) is 0 Å². The molecule has 0 aliphatic carbocycles. The fourth-order valence-corrected chi connectivity index (χ4v) is 1.86. The fraction of sp³-hybridized carbons (Fsp3) is 0.333. The number of hydrogen-bond acceptors (Lipinski definition) is 4. The smallest absolute Gasteiger partial charge is 0.338 e. The minimum atomic E-state index is -0.324. The maximum atomic E-state index is 11.6. The summed E-state index contributed by atoms with van der Waals surface area (Å²) in [7, 11) is 0. The number of nitrogens with zero attached hydrogens (tertiary/aromatic N) is 2. The Bertz CT molecular complexity index is 600. The molecule has 5 heteroatoms. The van der Waals surface area contributed by atoms with Gasteiger partial charge in [0.05, 0.1) is 23.6 Å². The fourth-order valence-electron chi connectivity index (χ4n) is 1.86. The van der Waals surface area contributed by atoms with Gasteiger partial charge < -0.3 is 10.5 Å². The highest BCUT2D eigenvalue weighted by atomic mass is 16.5. The summed E-state index contributed by atoms with van der Waals surface area (Å²) in [5, 5.41) is 4.47. The lowest BCUT2D eigenvalue weighted by Gasteiger charge is -2.06. The lowest BCUT2D eigenvalue weighted by atomic mass is 10.1. The number of carbonyl (C=O) groups is 1. The van der Waals surface area contributed by atoms with Crippen molar-refractivity contribution in [3.63, 3.8) is 0 Å². The third-order valence-corrected chi connectivity index (χ3v) is 2.97. The van der Waals surface area contributed by atoms with E-state index in [1.54, 1.807) is 35.9 Å². The van der Waals surface area contributed by atoms with E-state index in [-0.39, 0.29) is 5.97 Å². The lowest BCUT2D eigenvalue weighted by molar-refractivity contribution is 0.0526. The van der Waals surface area contributed by atoms with Crippen LogP contribution in [-0.4, -0.2) is 22.4 Å².